The summed E-state index contributed by atoms with van der Waals surface area (Å²) in [5.41, 5.74) is 2.41. The standard InChI is InChI=1S/C39H44BIN2O9/c1-39(2,3)52-38(46)42-32(22-28-16-18-34(30(20-28)40(47)48)50-24-26-12-8-6-9-13-26)36(44)43(4)33(37(45)49-5)23-29-17-19-35(31(41)21-29)51-25-27-14-10-7-11-15-27/h6-21,32-33,47-48H,22-25H2,1-5H3,(H,42,46)/t32-,33-/m0/s1. The Morgan fingerprint density at radius 2 is 1.33 bits per heavy atom. The number of hydrogen-bond donors (Lipinski definition) is 3. The molecule has 4 aromatic carbocycles. The number of ether oxygens (including phenoxy) is 4. The van der Waals surface area contributed by atoms with Gasteiger partial charge in [0.25, 0.3) is 0 Å². The van der Waals surface area contributed by atoms with E-state index in [1.165, 1.54) is 25.1 Å². The van der Waals surface area contributed by atoms with Crippen molar-refractivity contribution >= 4 is 53.1 Å². The highest BCUT2D eigenvalue weighted by molar-refractivity contribution is 14.1. The first-order valence-corrected chi connectivity index (χ1v) is 17.8. The summed E-state index contributed by atoms with van der Waals surface area (Å²) < 4.78 is 23.3. The van der Waals surface area contributed by atoms with Crippen molar-refractivity contribution < 1.29 is 43.4 Å². The van der Waals surface area contributed by atoms with Gasteiger partial charge in [0.05, 0.1) is 10.7 Å². The third-order valence-corrected chi connectivity index (χ3v) is 8.81. The van der Waals surface area contributed by atoms with E-state index >= 15 is 0 Å². The first-order chi connectivity index (χ1) is 24.7. The lowest BCUT2D eigenvalue weighted by Crippen LogP contribution is -2.54. The van der Waals surface area contributed by atoms with Crippen molar-refractivity contribution in [2.45, 2.75) is 64.5 Å². The molecule has 0 aliphatic heterocycles. The predicted octanol–water partition coefficient (Wildman–Crippen LogP) is 4.81. The summed E-state index contributed by atoms with van der Waals surface area (Å²) in [4.78, 5) is 41.6. The van der Waals surface area contributed by atoms with Crippen LogP contribution in [0.15, 0.2) is 97.1 Å². The van der Waals surface area contributed by atoms with Crippen molar-refractivity contribution in [2.24, 2.45) is 0 Å². The monoisotopic (exact) mass is 822 g/mol. The number of carbonyl (C=O) groups is 3. The van der Waals surface area contributed by atoms with E-state index in [2.05, 4.69) is 27.9 Å². The fourth-order valence-electron chi connectivity index (χ4n) is 5.34. The Morgan fingerprint density at radius 3 is 1.85 bits per heavy atom. The largest absolute Gasteiger partial charge is 0.492 e. The maximum atomic E-state index is 14.2. The zero-order valence-corrected chi connectivity index (χ0v) is 32.0. The molecule has 0 aliphatic carbocycles. The van der Waals surface area contributed by atoms with Gasteiger partial charge in [-0.15, -0.1) is 0 Å². The molecule has 4 rings (SSSR count). The van der Waals surface area contributed by atoms with Gasteiger partial charge in [0.15, 0.2) is 0 Å². The molecular weight excluding hydrogens is 778 g/mol. The fraction of sp³-hybridized carbons (Fsp3) is 0.308. The second kappa shape index (κ2) is 18.8. The highest BCUT2D eigenvalue weighted by Crippen LogP contribution is 2.25. The Labute approximate surface area is 318 Å². The molecule has 2 atom stereocenters. The van der Waals surface area contributed by atoms with Crippen LogP contribution in [0, 0.1) is 3.57 Å². The lowest BCUT2D eigenvalue weighted by molar-refractivity contribution is -0.152. The van der Waals surface area contributed by atoms with Gasteiger partial charge >= 0.3 is 19.2 Å². The van der Waals surface area contributed by atoms with E-state index < -0.39 is 42.8 Å². The molecular formula is C39H44BIN2O9. The van der Waals surface area contributed by atoms with Crippen LogP contribution in [0.2, 0.25) is 0 Å². The number of halogens is 1. The quantitative estimate of drug-likeness (QED) is 0.0876. The Bertz CT molecular complexity index is 1800. The molecule has 0 saturated heterocycles. The van der Waals surface area contributed by atoms with E-state index in [0.717, 1.165) is 20.3 Å². The summed E-state index contributed by atoms with van der Waals surface area (Å²) >= 11 is 2.17. The number of likely N-dealkylation sites (N-methyl/N-ethyl adjacent to an activating group) is 1. The lowest BCUT2D eigenvalue weighted by Gasteiger charge is -2.31. The molecule has 0 bridgehead atoms. The van der Waals surface area contributed by atoms with E-state index in [4.69, 9.17) is 18.9 Å². The van der Waals surface area contributed by atoms with Gasteiger partial charge in [-0.3, -0.25) is 4.79 Å². The molecule has 52 heavy (non-hydrogen) atoms. The van der Waals surface area contributed by atoms with Gasteiger partial charge in [-0.25, -0.2) is 9.59 Å². The van der Waals surface area contributed by atoms with Crippen molar-refractivity contribution in [3.8, 4) is 11.5 Å². The number of nitrogens with one attached hydrogen (secondary N) is 1. The van der Waals surface area contributed by atoms with Crippen LogP contribution in [0.3, 0.4) is 0 Å². The van der Waals surface area contributed by atoms with Crippen LogP contribution in [0.5, 0.6) is 11.5 Å². The molecule has 0 aromatic heterocycles. The molecule has 3 N–H and O–H groups in total. The van der Waals surface area contributed by atoms with E-state index in [0.29, 0.717) is 17.9 Å². The van der Waals surface area contributed by atoms with Crippen LogP contribution in [0.1, 0.15) is 43.0 Å². The number of methoxy groups -OCH3 is 1. The summed E-state index contributed by atoms with van der Waals surface area (Å²) in [5, 5.41) is 23.1. The van der Waals surface area contributed by atoms with E-state index in [1.54, 1.807) is 32.9 Å². The summed E-state index contributed by atoms with van der Waals surface area (Å²) in [6.07, 6.45) is -0.780. The third kappa shape index (κ3) is 12.0. The van der Waals surface area contributed by atoms with Crippen LogP contribution in [0.4, 0.5) is 4.79 Å². The topological polar surface area (TPSA) is 144 Å². The highest BCUT2D eigenvalue weighted by atomic mass is 127. The molecule has 2 amide bonds. The zero-order chi connectivity index (χ0) is 37.8. The van der Waals surface area contributed by atoms with Crippen molar-refractivity contribution in [2.75, 3.05) is 14.2 Å². The minimum Gasteiger partial charge on any atom is -0.489 e. The molecule has 0 unspecified atom stereocenters. The van der Waals surface area contributed by atoms with Crippen molar-refractivity contribution in [3.05, 3.63) is 123 Å². The minimum atomic E-state index is -1.87. The molecule has 0 saturated carbocycles. The Balaban J connectivity index is 1.56. The normalized spacial score (nSPS) is 12.2. The maximum Gasteiger partial charge on any atom is 0.492 e. The first-order valence-electron chi connectivity index (χ1n) is 16.7. The maximum absolute atomic E-state index is 14.2. The van der Waals surface area contributed by atoms with Crippen LogP contribution in [-0.2, 0) is 45.1 Å². The molecule has 274 valence electrons. The predicted molar refractivity (Wildman–Crippen MR) is 206 cm³/mol. The van der Waals surface area contributed by atoms with Crippen LogP contribution in [-0.4, -0.2) is 71.9 Å². The fourth-order valence-corrected chi connectivity index (χ4v) is 6.08. The number of esters is 1. The van der Waals surface area contributed by atoms with Gasteiger partial charge in [-0.05, 0) is 83.8 Å². The van der Waals surface area contributed by atoms with Gasteiger partial charge < -0.3 is 39.2 Å². The van der Waals surface area contributed by atoms with Crippen LogP contribution in [0.25, 0.3) is 0 Å². The van der Waals surface area contributed by atoms with E-state index in [1.807, 2.05) is 78.9 Å². The number of hydrogen-bond acceptors (Lipinski definition) is 9. The van der Waals surface area contributed by atoms with Gasteiger partial charge in [-0.2, -0.15) is 0 Å². The van der Waals surface area contributed by atoms with Crippen LogP contribution >= 0.6 is 22.6 Å². The number of rotatable bonds is 15. The summed E-state index contributed by atoms with van der Waals surface area (Å²) in [6, 6.07) is 27.2. The number of amides is 2. The number of carbonyl (C=O) groups excluding carboxylic acids is 3. The molecule has 11 nitrogen and oxygen atoms in total. The van der Waals surface area contributed by atoms with Gasteiger partial charge in [0.2, 0.25) is 5.91 Å². The zero-order valence-electron chi connectivity index (χ0n) is 29.9. The van der Waals surface area contributed by atoms with Crippen molar-refractivity contribution in [1.82, 2.24) is 10.2 Å². The average Bonchev–Trinajstić information content (AvgIpc) is 3.11. The van der Waals surface area contributed by atoms with Crippen LogP contribution < -0.4 is 20.3 Å². The lowest BCUT2D eigenvalue weighted by atomic mass is 9.78. The average molecular weight is 823 g/mol. The SMILES string of the molecule is COC(=O)[C@H](Cc1ccc(OCc2ccccc2)c(I)c1)N(C)C(=O)[C@H](Cc1ccc(OCc2ccccc2)c(B(O)O)c1)NC(=O)OC(C)(C)C. The Hall–Kier alpha value is -4.60. The number of benzene rings is 4. The molecule has 0 fully saturated rings. The Kier molecular flexibility index (Phi) is 14.5. The smallest absolute Gasteiger partial charge is 0.489 e. The van der Waals surface area contributed by atoms with Gasteiger partial charge in [-0.1, -0.05) is 78.9 Å². The van der Waals surface area contributed by atoms with Gasteiger partial charge in [0, 0.05) is 25.4 Å². The van der Waals surface area contributed by atoms with Crippen molar-refractivity contribution in [3.63, 3.8) is 0 Å². The Morgan fingerprint density at radius 1 is 0.788 bits per heavy atom. The number of nitrogens with zero attached hydrogens (tertiary/aromatic N) is 1. The summed E-state index contributed by atoms with van der Waals surface area (Å²) in [6.45, 7) is 5.69. The molecule has 0 aliphatic rings. The molecule has 0 spiro atoms. The van der Waals surface area contributed by atoms with E-state index in [-0.39, 0.29) is 30.7 Å². The van der Waals surface area contributed by atoms with E-state index in [9.17, 15) is 24.4 Å². The molecule has 0 radical (unpaired) electrons. The second-order valence-corrected chi connectivity index (χ2v) is 14.3. The third-order valence-electron chi connectivity index (χ3n) is 7.97. The second-order valence-electron chi connectivity index (χ2n) is 13.2. The minimum absolute atomic E-state index is 0.0691. The molecule has 13 heteroatoms. The number of alkyl carbamates (subject to hydrolysis) is 1. The molecule has 4 aromatic rings. The van der Waals surface area contributed by atoms with Crippen molar-refractivity contribution in [1.29, 1.82) is 0 Å². The highest BCUT2D eigenvalue weighted by Gasteiger charge is 2.34. The van der Waals surface area contributed by atoms with Gasteiger partial charge in [0.1, 0.15) is 42.4 Å². The first kappa shape index (κ1) is 40.2. The summed E-state index contributed by atoms with van der Waals surface area (Å²) in [7, 11) is 0.847. The summed E-state index contributed by atoms with van der Waals surface area (Å²) in [5.74, 6) is -0.302. The molecule has 0 heterocycles.